The summed E-state index contributed by atoms with van der Waals surface area (Å²) in [5, 5.41) is 11.2. The molecule has 3 aromatic rings. The fraction of sp³-hybridized carbons (Fsp3) is 0. The SMILES string of the molecule is O=C1NC(=O)C(=Cc2cc3cncc(-c4ccc(C(=O)O)c(F)c4)c3o2)S1. The number of aromatic nitrogens is 1. The molecule has 1 saturated heterocycles. The quantitative estimate of drug-likeness (QED) is 0.663. The van der Waals surface area contributed by atoms with Crippen LogP contribution >= 0.6 is 11.8 Å². The first kappa shape index (κ1) is 17.0. The van der Waals surface area contributed by atoms with Gasteiger partial charge in [-0.25, -0.2) is 9.18 Å². The summed E-state index contributed by atoms with van der Waals surface area (Å²) < 4.78 is 19.8. The number of pyridine rings is 1. The second-order valence-corrected chi connectivity index (χ2v) is 6.62. The predicted octanol–water partition coefficient (Wildman–Crippen LogP) is 3.66. The van der Waals surface area contributed by atoms with Gasteiger partial charge in [0, 0.05) is 29.4 Å². The van der Waals surface area contributed by atoms with Gasteiger partial charge in [-0.2, -0.15) is 0 Å². The zero-order chi connectivity index (χ0) is 19.1. The summed E-state index contributed by atoms with van der Waals surface area (Å²) in [5.41, 5.74) is 0.826. The largest absolute Gasteiger partial charge is 0.478 e. The number of nitrogens with zero attached hydrogens (tertiary/aromatic N) is 1. The van der Waals surface area contributed by atoms with E-state index < -0.39 is 28.5 Å². The van der Waals surface area contributed by atoms with Gasteiger partial charge in [0.2, 0.25) is 0 Å². The Hall–Kier alpha value is -3.46. The lowest BCUT2D eigenvalue weighted by Crippen LogP contribution is -2.17. The van der Waals surface area contributed by atoms with E-state index >= 15 is 0 Å². The van der Waals surface area contributed by atoms with Crippen LogP contribution < -0.4 is 5.32 Å². The number of amides is 2. The van der Waals surface area contributed by atoms with Gasteiger partial charge in [0.15, 0.2) is 0 Å². The highest BCUT2D eigenvalue weighted by Gasteiger charge is 2.25. The zero-order valence-corrected chi connectivity index (χ0v) is 14.2. The number of carboxylic acids is 1. The Morgan fingerprint density at radius 3 is 2.74 bits per heavy atom. The van der Waals surface area contributed by atoms with Gasteiger partial charge in [-0.05, 0) is 35.5 Å². The van der Waals surface area contributed by atoms with Crippen molar-refractivity contribution in [2.75, 3.05) is 0 Å². The van der Waals surface area contributed by atoms with E-state index in [0.717, 1.165) is 17.8 Å². The first-order valence-corrected chi connectivity index (χ1v) is 8.39. The number of fused-ring (bicyclic) bond motifs is 1. The Balaban J connectivity index is 1.79. The van der Waals surface area contributed by atoms with Gasteiger partial charge in [-0.3, -0.25) is 19.9 Å². The Morgan fingerprint density at radius 1 is 1.26 bits per heavy atom. The van der Waals surface area contributed by atoms with Gasteiger partial charge in [-0.1, -0.05) is 6.07 Å². The monoisotopic (exact) mass is 384 g/mol. The second kappa shape index (κ2) is 6.36. The lowest BCUT2D eigenvalue weighted by Gasteiger charge is -2.04. The third-order valence-corrected chi connectivity index (χ3v) is 4.68. The highest BCUT2D eigenvalue weighted by Crippen LogP contribution is 2.33. The van der Waals surface area contributed by atoms with Crippen LogP contribution in [0.4, 0.5) is 9.18 Å². The number of imide groups is 1. The van der Waals surface area contributed by atoms with E-state index in [1.165, 1.54) is 24.4 Å². The fourth-order valence-electron chi connectivity index (χ4n) is 2.67. The van der Waals surface area contributed by atoms with Crippen LogP contribution in [-0.2, 0) is 4.79 Å². The summed E-state index contributed by atoms with van der Waals surface area (Å²) in [6, 6.07) is 5.36. The number of aromatic carboxylic acids is 1. The molecular formula is C18H9FN2O5S. The molecule has 0 spiro atoms. The van der Waals surface area contributed by atoms with E-state index in [0.29, 0.717) is 27.9 Å². The van der Waals surface area contributed by atoms with Crippen molar-refractivity contribution < 1.29 is 28.3 Å². The van der Waals surface area contributed by atoms with Crippen molar-refractivity contribution in [2.24, 2.45) is 0 Å². The number of benzene rings is 1. The minimum atomic E-state index is -1.36. The summed E-state index contributed by atoms with van der Waals surface area (Å²) in [7, 11) is 0. The van der Waals surface area contributed by atoms with E-state index in [4.69, 9.17) is 9.52 Å². The van der Waals surface area contributed by atoms with E-state index in [9.17, 15) is 18.8 Å². The molecule has 0 bridgehead atoms. The molecule has 134 valence electrons. The lowest BCUT2D eigenvalue weighted by atomic mass is 10.0. The number of carbonyl (C=O) groups excluding carboxylic acids is 2. The van der Waals surface area contributed by atoms with Crippen LogP contribution in [-0.4, -0.2) is 27.2 Å². The average molecular weight is 384 g/mol. The summed E-state index contributed by atoms with van der Waals surface area (Å²) in [4.78, 5) is 38.2. The molecule has 1 aromatic carbocycles. The molecule has 1 fully saturated rings. The molecule has 9 heteroatoms. The molecule has 0 unspecified atom stereocenters. The Bertz CT molecular complexity index is 1170. The molecule has 2 aromatic heterocycles. The summed E-state index contributed by atoms with van der Waals surface area (Å²) in [6.45, 7) is 0. The number of hydrogen-bond acceptors (Lipinski definition) is 6. The maximum atomic E-state index is 14.0. The van der Waals surface area contributed by atoms with E-state index in [-0.39, 0.29) is 4.91 Å². The molecule has 3 heterocycles. The predicted molar refractivity (Wildman–Crippen MR) is 95.5 cm³/mol. The Labute approximate surface area is 154 Å². The third kappa shape index (κ3) is 3.08. The molecule has 7 nitrogen and oxygen atoms in total. The van der Waals surface area contributed by atoms with Crippen LogP contribution in [0.25, 0.3) is 28.2 Å². The van der Waals surface area contributed by atoms with Gasteiger partial charge < -0.3 is 9.52 Å². The van der Waals surface area contributed by atoms with Crippen LogP contribution in [0.15, 0.2) is 46.0 Å². The third-order valence-electron chi connectivity index (χ3n) is 3.87. The molecule has 2 amide bonds. The molecule has 4 rings (SSSR count). The van der Waals surface area contributed by atoms with Crippen molar-refractivity contribution >= 4 is 45.9 Å². The van der Waals surface area contributed by atoms with Gasteiger partial charge >= 0.3 is 5.97 Å². The van der Waals surface area contributed by atoms with Crippen LogP contribution in [0.2, 0.25) is 0 Å². The van der Waals surface area contributed by atoms with Crippen molar-refractivity contribution in [3.8, 4) is 11.1 Å². The molecule has 2 N–H and O–H groups in total. The van der Waals surface area contributed by atoms with Gasteiger partial charge in [-0.15, -0.1) is 0 Å². The number of furan rings is 1. The van der Waals surface area contributed by atoms with E-state index in [1.807, 2.05) is 0 Å². The number of nitrogens with one attached hydrogen (secondary N) is 1. The summed E-state index contributed by atoms with van der Waals surface area (Å²) in [5.74, 6) is -2.41. The fourth-order valence-corrected chi connectivity index (χ4v) is 3.33. The molecule has 1 aliphatic rings. The molecule has 0 aliphatic carbocycles. The van der Waals surface area contributed by atoms with Crippen LogP contribution in [0.3, 0.4) is 0 Å². The number of thioether (sulfide) groups is 1. The second-order valence-electron chi connectivity index (χ2n) is 5.61. The summed E-state index contributed by atoms with van der Waals surface area (Å²) >= 11 is 0.766. The van der Waals surface area contributed by atoms with Crippen molar-refractivity contribution in [1.82, 2.24) is 10.3 Å². The zero-order valence-electron chi connectivity index (χ0n) is 13.4. The number of hydrogen-bond donors (Lipinski definition) is 2. The Morgan fingerprint density at radius 2 is 2.07 bits per heavy atom. The average Bonchev–Trinajstić information content (AvgIpc) is 3.16. The molecule has 1 aliphatic heterocycles. The molecular weight excluding hydrogens is 375 g/mol. The van der Waals surface area contributed by atoms with Crippen LogP contribution in [0.5, 0.6) is 0 Å². The van der Waals surface area contributed by atoms with Crippen molar-refractivity contribution in [1.29, 1.82) is 0 Å². The highest BCUT2D eigenvalue weighted by molar-refractivity contribution is 8.18. The van der Waals surface area contributed by atoms with Gasteiger partial charge in [0.05, 0.1) is 10.5 Å². The molecule has 0 saturated carbocycles. The minimum Gasteiger partial charge on any atom is -0.478 e. The number of carboxylic acid groups (broad SMARTS) is 1. The van der Waals surface area contributed by atoms with Crippen molar-refractivity contribution in [3.63, 3.8) is 0 Å². The maximum absolute atomic E-state index is 14.0. The molecule has 0 atom stereocenters. The smallest absolute Gasteiger partial charge is 0.338 e. The van der Waals surface area contributed by atoms with E-state index in [2.05, 4.69) is 10.3 Å². The Kier molecular flexibility index (Phi) is 4.00. The summed E-state index contributed by atoms with van der Waals surface area (Å²) in [6.07, 6.45) is 4.45. The highest BCUT2D eigenvalue weighted by atomic mass is 32.2. The van der Waals surface area contributed by atoms with Crippen LogP contribution in [0, 0.1) is 5.82 Å². The molecule has 27 heavy (non-hydrogen) atoms. The standard InChI is InChI=1S/C18H9FN2O5S/c19-13-4-8(1-2-11(13)17(23)24)12-7-20-6-9-3-10(26-15(9)12)5-14-16(22)21-18(25)27-14/h1-7H,(H,23,24)(H,21,22,25). The maximum Gasteiger partial charge on any atom is 0.338 e. The number of halogens is 1. The van der Waals surface area contributed by atoms with Crippen LogP contribution in [0.1, 0.15) is 16.1 Å². The van der Waals surface area contributed by atoms with Gasteiger partial charge in [0.1, 0.15) is 17.2 Å². The lowest BCUT2D eigenvalue weighted by molar-refractivity contribution is -0.115. The van der Waals surface area contributed by atoms with E-state index in [1.54, 1.807) is 12.3 Å². The molecule has 0 radical (unpaired) electrons. The van der Waals surface area contributed by atoms with Crippen molar-refractivity contribution in [3.05, 3.63) is 58.7 Å². The van der Waals surface area contributed by atoms with Crippen molar-refractivity contribution in [2.45, 2.75) is 0 Å². The van der Waals surface area contributed by atoms with Gasteiger partial charge in [0.25, 0.3) is 11.1 Å². The number of rotatable bonds is 3. The minimum absolute atomic E-state index is 0.199. The normalized spacial score (nSPS) is 15.5. The first-order valence-electron chi connectivity index (χ1n) is 7.58. The first-order chi connectivity index (χ1) is 12.9. The topological polar surface area (TPSA) is 110 Å². The number of carbonyl (C=O) groups is 3.